The molecule has 0 atom stereocenters. The second-order valence-electron chi connectivity index (χ2n) is 4.54. The lowest BCUT2D eigenvalue weighted by atomic mass is 9.89. The molecule has 0 saturated heterocycles. The maximum atomic E-state index is 5.65. The normalized spacial score (nSPS) is 17.5. The Hall–Kier alpha value is -1.58. The Morgan fingerprint density at radius 1 is 1.29 bits per heavy atom. The van der Waals surface area contributed by atoms with Gasteiger partial charge in [-0.05, 0) is 24.8 Å². The van der Waals surface area contributed by atoms with Gasteiger partial charge in [-0.2, -0.15) is 4.98 Å². The maximum absolute atomic E-state index is 5.65. The van der Waals surface area contributed by atoms with Gasteiger partial charge in [0.05, 0.1) is 5.69 Å². The number of rotatable bonds is 3. The molecule has 0 aromatic carbocycles. The summed E-state index contributed by atoms with van der Waals surface area (Å²) in [6, 6.07) is 1.91. The molecule has 1 aromatic heterocycles. The van der Waals surface area contributed by atoms with Gasteiger partial charge in [0.1, 0.15) is 5.82 Å². The number of nitrogens with two attached hydrogens (primary N) is 1. The Labute approximate surface area is 102 Å². The van der Waals surface area contributed by atoms with Crippen molar-refractivity contribution in [1.29, 1.82) is 0 Å². The molecule has 1 saturated carbocycles. The van der Waals surface area contributed by atoms with Gasteiger partial charge in [0.25, 0.3) is 0 Å². The molecular weight excluding hydrogens is 212 g/mol. The third kappa shape index (κ3) is 3.44. The van der Waals surface area contributed by atoms with Crippen molar-refractivity contribution >= 4 is 17.8 Å². The maximum Gasteiger partial charge on any atom is 0.222 e. The van der Waals surface area contributed by atoms with E-state index in [4.69, 9.17) is 5.73 Å². The van der Waals surface area contributed by atoms with E-state index < -0.39 is 0 Å². The highest BCUT2D eigenvalue weighted by molar-refractivity contribution is 5.52. The minimum Gasteiger partial charge on any atom is -0.373 e. The molecule has 92 valence electrons. The van der Waals surface area contributed by atoms with Crippen LogP contribution in [0.1, 0.15) is 37.8 Å². The van der Waals surface area contributed by atoms with Crippen LogP contribution in [0.3, 0.4) is 0 Å². The number of allylic oxidation sites excluding steroid dienone is 1. The number of nitrogen functional groups attached to an aromatic ring is 1. The van der Waals surface area contributed by atoms with Crippen molar-refractivity contribution in [2.45, 2.75) is 32.1 Å². The first kappa shape index (κ1) is 11.9. The molecule has 0 amide bonds. The standard InChI is InChI=1S/C13H20N4/c1-15-12-9-11(16-13(14)17-12)8-7-10-5-3-2-4-6-10/h7-10H,2-6H2,1H3,(H3,14,15,16,17). The molecule has 4 heteroatoms. The zero-order chi connectivity index (χ0) is 12.1. The monoisotopic (exact) mass is 232 g/mol. The molecule has 1 aliphatic rings. The molecular formula is C13H20N4. The lowest BCUT2D eigenvalue weighted by Crippen LogP contribution is -2.03. The van der Waals surface area contributed by atoms with Crippen molar-refractivity contribution in [3.8, 4) is 0 Å². The summed E-state index contributed by atoms with van der Waals surface area (Å²) in [6.07, 6.45) is 11.0. The van der Waals surface area contributed by atoms with E-state index in [1.165, 1.54) is 32.1 Å². The van der Waals surface area contributed by atoms with Crippen LogP contribution in [0.2, 0.25) is 0 Å². The fourth-order valence-electron chi connectivity index (χ4n) is 2.26. The van der Waals surface area contributed by atoms with Crippen molar-refractivity contribution in [3.63, 3.8) is 0 Å². The number of hydrogen-bond donors (Lipinski definition) is 2. The fourth-order valence-corrected chi connectivity index (χ4v) is 2.26. The lowest BCUT2D eigenvalue weighted by Gasteiger charge is -2.17. The Balaban J connectivity index is 2.06. The summed E-state index contributed by atoms with van der Waals surface area (Å²) < 4.78 is 0. The molecule has 3 N–H and O–H groups in total. The van der Waals surface area contributed by atoms with E-state index in [1.807, 2.05) is 13.1 Å². The van der Waals surface area contributed by atoms with Crippen molar-refractivity contribution < 1.29 is 0 Å². The van der Waals surface area contributed by atoms with Crippen molar-refractivity contribution in [2.24, 2.45) is 5.92 Å². The first-order valence-corrected chi connectivity index (χ1v) is 6.28. The molecule has 0 radical (unpaired) electrons. The summed E-state index contributed by atoms with van der Waals surface area (Å²) in [6.45, 7) is 0. The Bertz CT molecular complexity index is 394. The van der Waals surface area contributed by atoms with Gasteiger partial charge in [-0.25, -0.2) is 4.98 Å². The summed E-state index contributed by atoms with van der Waals surface area (Å²) in [7, 11) is 1.83. The van der Waals surface area contributed by atoms with E-state index in [1.54, 1.807) is 0 Å². The van der Waals surface area contributed by atoms with E-state index in [0.29, 0.717) is 11.9 Å². The molecule has 1 aliphatic carbocycles. The molecule has 1 heterocycles. The summed E-state index contributed by atoms with van der Waals surface area (Å²) >= 11 is 0. The average molecular weight is 232 g/mol. The molecule has 1 fully saturated rings. The van der Waals surface area contributed by atoms with Crippen molar-refractivity contribution in [1.82, 2.24) is 9.97 Å². The number of nitrogens with one attached hydrogen (secondary N) is 1. The summed E-state index contributed by atoms with van der Waals surface area (Å²) in [5.41, 5.74) is 6.53. The van der Waals surface area contributed by atoms with Crippen LogP contribution in [-0.4, -0.2) is 17.0 Å². The first-order valence-electron chi connectivity index (χ1n) is 6.28. The van der Waals surface area contributed by atoms with E-state index in [9.17, 15) is 0 Å². The van der Waals surface area contributed by atoms with Gasteiger partial charge in [-0.15, -0.1) is 0 Å². The van der Waals surface area contributed by atoms with Gasteiger partial charge >= 0.3 is 0 Å². The van der Waals surface area contributed by atoms with Crippen LogP contribution in [0, 0.1) is 5.92 Å². The topological polar surface area (TPSA) is 63.8 Å². The van der Waals surface area contributed by atoms with Crippen LogP contribution in [0.25, 0.3) is 6.08 Å². The Kier molecular flexibility index (Phi) is 3.96. The number of nitrogens with zero attached hydrogens (tertiary/aromatic N) is 2. The molecule has 2 rings (SSSR count). The smallest absolute Gasteiger partial charge is 0.222 e. The quantitative estimate of drug-likeness (QED) is 0.841. The lowest BCUT2D eigenvalue weighted by molar-refractivity contribution is 0.420. The third-order valence-corrected chi connectivity index (χ3v) is 3.21. The molecule has 4 nitrogen and oxygen atoms in total. The van der Waals surface area contributed by atoms with Crippen LogP contribution in [0.5, 0.6) is 0 Å². The average Bonchev–Trinajstić information content (AvgIpc) is 2.37. The third-order valence-electron chi connectivity index (χ3n) is 3.21. The molecule has 17 heavy (non-hydrogen) atoms. The number of hydrogen-bond acceptors (Lipinski definition) is 4. The van der Waals surface area contributed by atoms with E-state index in [-0.39, 0.29) is 0 Å². The van der Waals surface area contributed by atoms with Gasteiger partial charge in [-0.1, -0.05) is 25.3 Å². The molecule has 0 unspecified atom stereocenters. The molecule has 0 spiro atoms. The van der Waals surface area contributed by atoms with Crippen LogP contribution in [0.15, 0.2) is 12.1 Å². The summed E-state index contributed by atoms with van der Waals surface area (Å²) in [5.74, 6) is 1.79. The summed E-state index contributed by atoms with van der Waals surface area (Å²) in [5, 5.41) is 2.98. The zero-order valence-electron chi connectivity index (χ0n) is 10.3. The highest BCUT2D eigenvalue weighted by Gasteiger charge is 2.09. The van der Waals surface area contributed by atoms with Gasteiger partial charge < -0.3 is 11.1 Å². The van der Waals surface area contributed by atoms with Crippen molar-refractivity contribution in [3.05, 3.63) is 17.8 Å². The SMILES string of the molecule is CNc1cc(C=CC2CCCCC2)nc(N)n1. The highest BCUT2D eigenvalue weighted by Crippen LogP contribution is 2.25. The van der Waals surface area contributed by atoms with Crippen LogP contribution >= 0.6 is 0 Å². The molecule has 0 aliphatic heterocycles. The Morgan fingerprint density at radius 3 is 2.76 bits per heavy atom. The van der Waals surface area contributed by atoms with Gasteiger partial charge in [0.2, 0.25) is 5.95 Å². The van der Waals surface area contributed by atoms with Crippen LogP contribution in [0.4, 0.5) is 11.8 Å². The largest absolute Gasteiger partial charge is 0.373 e. The summed E-state index contributed by atoms with van der Waals surface area (Å²) in [4.78, 5) is 8.27. The van der Waals surface area contributed by atoms with Gasteiger partial charge in [-0.3, -0.25) is 0 Å². The van der Waals surface area contributed by atoms with Crippen LogP contribution in [-0.2, 0) is 0 Å². The molecule has 0 bridgehead atoms. The van der Waals surface area contributed by atoms with Gasteiger partial charge in [0, 0.05) is 13.1 Å². The highest BCUT2D eigenvalue weighted by atomic mass is 15.1. The number of anilines is 2. The van der Waals surface area contributed by atoms with E-state index in [0.717, 1.165) is 11.5 Å². The minimum atomic E-state index is 0.320. The second kappa shape index (κ2) is 5.66. The minimum absolute atomic E-state index is 0.320. The molecule has 1 aromatic rings. The number of aromatic nitrogens is 2. The van der Waals surface area contributed by atoms with Crippen LogP contribution < -0.4 is 11.1 Å². The van der Waals surface area contributed by atoms with E-state index in [2.05, 4.69) is 27.4 Å². The predicted octanol–water partition coefficient (Wildman–Crippen LogP) is 2.69. The Morgan fingerprint density at radius 2 is 2.06 bits per heavy atom. The van der Waals surface area contributed by atoms with E-state index >= 15 is 0 Å². The predicted molar refractivity (Wildman–Crippen MR) is 71.6 cm³/mol. The second-order valence-corrected chi connectivity index (χ2v) is 4.54. The first-order chi connectivity index (χ1) is 8.28. The van der Waals surface area contributed by atoms with Gasteiger partial charge in [0.15, 0.2) is 0 Å². The zero-order valence-corrected chi connectivity index (χ0v) is 10.3. The van der Waals surface area contributed by atoms with Crippen molar-refractivity contribution in [2.75, 3.05) is 18.1 Å². The fraction of sp³-hybridized carbons (Fsp3) is 0.538.